The average molecular weight is 412 g/mol. The Labute approximate surface area is 167 Å². The van der Waals surface area contributed by atoms with Gasteiger partial charge in [-0.2, -0.15) is 5.21 Å². The predicted octanol–water partition coefficient (Wildman–Crippen LogP) is 2.11. The maximum Gasteiger partial charge on any atom is 0.206 e. The SMILES string of the molecule is NCCSc1ccc(-c2ccnc3ccccc23)c(-c2nn[nH]n2)c1S(N)=O. The van der Waals surface area contributed by atoms with Crippen LogP contribution in [-0.4, -0.2) is 42.1 Å². The number of aromatic nitrogens is 5. The van der Waals surface area contributed by atoms with Crippen LogP contribution in [0.1, 0.15) is 0 Å². The molecule has 0 spiro atoms. The van der Waals surface area contributed by atoms with Crippen LogP contribution in [0.4, 0.5) is 0 Å². The van der Waals surface area contributed by atoms with E-state index in [0.717, 1.165) is 26.9 Å². The summed E-state index contributed by atoms with van der Waals surface area (Å²) in [6, 6.07) is 13.6. The van der Waals surface area contributed by atoms with Crippen LogP contribution in [-0.2, 0) is 11.0 Å². The second-order valence-corrected chi connectivity index (χ2v) is 8.00. The molecule has 0 aliphatic heterocycles. The molecule has 0 amide bonds. The van der Waals surface area contributed by atoms with Crippen molar-refractivity contribution in [3.63, 3.8) is 0 Å². The number of nitrogens with two attached hydrogens (primary N) is 2. The predicted molar refractivity (Wildman–Crippen MR) is 111 cm³/mol. The van der Waals surface area contributed by atoms with Gasteiger partial charge in [0.1, 0.15) is 11.0 Å². The van der Waals surface area contributed by atoms with Crippen LogP contribution in [0.3, 0.4) is 0 Å². The molecule has 0 aliphatic rings. The minimum atomic E-state index is -1.76. The van der Waals surface area contributed by atoms with Gasteiger partial charge in [-0.15, -0.1) is 22.0 Å². The van der Waals surface area contributed by atoms with E-state index in [1.165, 1.54) is 11.8 Å². The second kappa shape index (κ2) is 8.15. The number of nitrogens with zero attached hydrogens (tertiary/aromatic N) is 4. The van der Waals surface area contributed by atoms with Gasteiger partial charge in [0.05, 0.1) is 10.4 Å². The highest BCUT2D eigenvalue weighted by atomic mass is 32.2. The van der Waals surface area contributed by atoms with Gasteiger partial charge in [0.15, 0.2) is 0 Å². The molecule has 2 aromatic carbocycles. The molecule has 2 aromatic heterocycles. The summed E-state index contributed by atoms with van der Waals surface area (Å²) >= 11 is 1.50. The van der Waals surface area contributed by atoms with Crippen molar-refractivity contribution in [1.29, 1.82) is 0 Å². The first-order valence-electron chi connectivity index (χ1n) is 8.44. The van der Waals surface area contributed by atoms with Crippen molar-refractivity contribution in [1.82, 2.24) is 25.6 Å². The number of tetrazole rings is 1. The number of rotatable bonds is 6. The summed E-state index contributed by atoms with van der Waals surface area (Å²) in [7, 11) is -1.76. The number of pyridine rings is 1. The zero-order chi connectivity index (χ0) is 19.5. The molecule has 10 heteroatoms. The summed E-state index contributed by atoms with van der Waals surface area (Å²) in [4.78, 5) is 5.68. The van der Waals surface area contributed by atoms with E-state index in [-0.39, 0.29) is 0 Å². The van der Waals surface area contributed by atoms with Gasteiger partial charge in [0, 0.05) is 34.3 Å². The molecule has 0 saturated carbocycles. The molecule has 142 valence electrons. The van der Waals surface area contributed by atoms with Gasteiger partial charge < -0.3 is 5.73 Å². The van der Waals surface area contributed by atoms with Crippen LogP contribution >= 0.6 is 11.8 Å². The van der Waals surface area contributed by atoms with Crippen molar-refractivity contribution in [3.05, 3.63) is 48.7 Å². The van der Waals surface area contributed by atoms with Gasteiger partial charge in [-0.3, -0.25) is 4.98 Å². The lowest BCUT2D eigenvalue weighted by atomic mass is 9.96. The molecule has 1 atom stereocenters. The maximum absolute atomic E-state index is 12.5. The topological polar surface area (TPSA) is 136 Å². The van der Waals surface area contributed by atoms with Crippen LogP contribution in [0.15, 0.2) is 58.5 Å². The maximum atomic E-state index is 12.5. The summed E-state index contributed by atoms with van der Waals surface area (Å²) in [6.45, 7) is 0.496. The number of thioether (sulfide) groups is 1. The molecule has 5 N–H and O–H groups in total. The summed E-state index contributed by atoms with van der Waals surface area (Å²) in [6.07, 6.45) is 1.74. The van der Waals surface area contributed by atoms with Crippen molar-refractivity contribution in [3.8, 4) is 22.5 Å². The van der Waals surface area contributed by atoms with Crippen molar-refractivity contribution in [2.75, 3.05) is 12.3 Å². The molecule has 2 heterocycles. The zero-order valence-corrected chi connectivity index (χ0v) is 16.3. The van der Waals surface area contributed by atoms with E-state index in [2.05, 4.69) is 25.6 Å². The van der Waals surface area contributed by atoms with E-state index in [1.807, 2.05) is 42.5 Å². The molecule has 4 rings (SSSR count). The summed E-state index contributed by atoms with van der Waals surface area (Å²) < 4.78 is 12.5. The Kier molecular flexibility index (Phi) is 5.44. The Balaban J connectivity index is 2.05. The monoisotopic (exact) mass is 411 g/mol. The standard InChI is InChI=1S/C18H17N7OS2/c19-8-10-27-15-6-5-13(11-7-9-21-14-4-2-1-3-12(11)14)16(17(15)28(20)26)18-22-24-25-23-18/h1-7,9H,8,10,19-20H2,(H,22,23,24,25). The number of para-hydroxylation sites is 1. The molecule has 1 unspecified atom stereocenters. The summed E-state index contributed by atoms with van der Waals surface area (Å²) in [5.41, 5.74) is 8.83. The minimum Gasteiger partial charge on any atom is -0.330 e. The van der Waals surface area contributed by atoms with E-state index >= 15 is 0 Å². The molecule has 4 aromatic rings. The third-order valence-electron chi connectivity index (χ3n) is 4.21. The Morgan fingerprint density at radius 3 is 2.71 bits per heavy atom. The third kappa shape index (κ3) is 3.42. The Bertz CT molecular complexity index is 1140. The Hall–Kier alpha value is -2.66. The van der Waals surface area contributed by atoms with Crippen molar-refractivity contribution in [2.24, 2.45) is 10.9 Å². The van der Waals surface area contributed by atoms with Crippen LogP contribution in [0.2, 0.25) is 0 Å². The lowest BCUT2D eigenvalue weighted by Gasteiger charge is -2.16. The van der Waals surface area contributed by atoms with E-state index in [4.69, 9.17) is 10.9 Å². The molecule has 8 nitrogen and oxygen atoms in total. The van der Waals surface area contributed by atoms with Gasteiger partial charge in [-0.05, 0) is 34.5 Å². The largest absolute Gasteiger partial charge is 0.330 e. The molecule has 0 fully saturated rings. The fourth-order valence-corrected chi connectivity index (χ4v) is 4.92. The molecular formula is C18H17N7OS2. The van der Waals surface area contributed by atoms with Gasteiger partial charge in [0.2, 0.25) is 5.82 Å². The van der Waals surface area contributed by atoms with E-state index in [0.29, 0.717) is 28.6 Å². The first-order chi connectivity index (χ1) is 13.7. The fourth-order valence-electron chi connectivity index (χ4n) is 3.09. The molecule has 28 heavy (non-hydrogen) atoms. The molecule has 0 aliphatic carbocycles. The van der Waals surface area contributed by atoms with Crippen molar-refractivity contribution >= 4 is 33.7 Å². The van der Waals surface area contributed by atoms with E-state index in [9.17, 15) is 4.21 Å². The number of hydrogen-bond acceptors (Lipinski definition) is 7. The van der Waals surface area contributed by atoms with E-state index < -0.39 is 11.0 Å². The number of aromatic amines is 1. The van der Waals surface area contributed by atoms with Crippen LogP contribution in [0, 0.1) is 0 Å². The lowest BCUT2D eigenvalue weighted by molar-refractivity contribution is 0.683. The quantitative estimate of drug-likeness (QED) is 0.413. The molecule has 0 bridgehead atoms. The van der Waals surface area contributed by atoms with Crippen LogP contribution in [0.5, 0.6) is 0 Å². The highest BCUT2D eigenvalue weighted by molar-refractivity contribution is 7.99. The first-order valence-corrected chi connectivity index (χ1v) is 10.6. The Morgan fingerprint density at radius 2 is 1.96 bits per heavy atom. The number of benzene rings is 2. The van der Waals surface area contributed by atoms with Crippen molar-refractivity contribution < 1.29 is 4.21 Å². The van der Waals surface area contributed by atoms with Crippen LogP contribution in [0.25, 0.3) is 33.4 Å². The number of H-pyrrole nitrogens is 1. The second-order valence-electron chi connectivity index (χ2n) is 5.86. The van der Waals surface area contributed by atoms with Gasteiger partial charge in [-0.25, -0.2) is 9.35 Å². The molecule has 0 radical (unpaired) electrons. The molecule has 0 saturated heterocycles. The lowest BCUT2D eigenvalue weighted by Crippen LogP contribution is -2.09. The van der Waals surface area contributed by atoms with Gasteiger partial charge in [-0.1, -0.05) is 24.3 Å². The molecular weight excluding hydrogens is 394 g/mol. The highest BCUT2D eigenvalue weighted by Gasteiger charge is 2.23. The van der Waals surface area contributed by atoms with E-state index in [1.54, 1.807) is 6.20 Å². The summed E-state index contributed by atoms with van der Waals surface area (Å²) in [5, 5.41) is 21.2. The first kappa shape index (κ1) is 18.7. The average Bonchev–Trinajstić information content (AvgIpc) is 3.25. The van der Waals surface area contributed by atoms with Crippen LogP contribution < -0.4 is 10.9 Å². The smallest absolute Gasteiger partial charge is 0.206 e. The fraction of sp³-hybridized carbons (Fsp3) is 0.111. The third-order valence-corrected chi connectivity index (χ3v) is 6.25. The minimum absolute atomic E-state index is 0.333. The normalized spacial score (nSPS) is 12.4. The van der Waals surface area contributed by atoms with Crippen molar-refractivity contribution in [2.45, 2.75) is 9.79 Å². The summed E-state index contributed by atoms with van der Waals surface area (Å²) in [5.74, 6) is 1.01. The Morgan fingerprint density at radius 1 is 1.11 bits per heavy atom. The van der Waals surface area contributed by atoms with Gasteiger partial charge >= 0.3 is 0 Å². The highest BCUT2D eigenvalue weighted by Crippen LogP contribution is 2.41. The zero-order valence-electron chi connectivity index (χ0n) is 14.7. The number of hydrogen-bond donors (Lipinski definition) is 3. The van der Waals surface area contributed by atoms with Gasteiger partial charge in [0.25, 0.3) is 0 Å². The number of fused-ring (bicyclic) bond motifs is 1. The number of nitrogens with one attached hydrogen (secondary N) is 1.